The Labute approximate surface area is 144 Å². The molecule has 2 aromatic rings. The molecular weight excluding hydrogens is 324 g/mol. The zero-order valence-electron chi connectivity index (χ0n) is 14.2. The number of nitrogens with one attached hydrogen (secondary N) is 1. The Morgan fingerprint density at radius 2 is 2.28 bits per heavy atom. The van der Waals surface area contributed by atoms with Crippen LogP contribution >= 0.6 is 0 Å². The molecule has 0 saturated carbocycles. The number of aromatic nitrogens is 3. The summed E-state index contributed by atoms with van der Waals surface area (Å²) in [7, 11) is 1.56. The quantitative estimate of drug-likeness (QED) is 0.668. The van der Waals surface area contributed by atoms with Crippen LogP contribution in [0.5, 0.6) is 0 Å². The van der Waals surface area contributed by atoms with Gasteiger partial charge in [-0.25, -0.2) is 4.98 Å². The lowest BCUT2D eigenvalue weighted by atomic mass is 10.1. The Balaban J connectivity index is 1.83. The van der Waals surface area contributed by atoms with Gasteiger partial charge in [-0.3, -0.25) is 19.6 Å². The highest BCUT2D eigenvalue weighted by Crippen LogP contribution is 2.31. The van der Waals surface area contributed by atoms with Gasteiger partial charge in [0.15, 0.2) is 0 Å². The average molecular weight is 344 g/mol. The lowest BCUT2D eigenvalue weighted by Gasteiger charge is -2.33. The van der Waals surface area contributed by atoms with Crippen molar-refractivity contribution in [2.45, 2.75) is 25.8 Å². The SMILES string of the molecule is CNC(=O)c1ccn(C2CCCN(c3ncc(C)cc3[N+](=O)[O-])C2)n1. The van der Waals surface area contributed by atoms with Crippen molar-refractivity contribution in [2.75, 3.05) is 25.0 Å². The van der Waals surface area contributed by atoms with E-state index in [0.717, 1.165) is 18.4 Å². The lowest BCUT2D eigenvalue weighted by molar-refractivity contribution is -0.384. The molecule has 3 rings (SSSR count). The minimum atomic E-state index is -0.392. The largest absolute Gasteiger partial charge is 0.354 e. The normalized spacial score (nSPS) is 17.4. The number of pyridine rings is 1. The first-order valence-corrected chi connectivity index (χ1v) is 8.13. The summed E-state index contributed by atoms with van der Waals surface area (Å²) in [5.41, 5.74) is 1.14. The summed E-state index contributed by atoms with van der Waals surface area (Å²) < 4.78 is 1.76. The molecule has 1 amide bonds. The van der Waals surface area contributed by atoms with Crippen molar-refractivity contribution < 1.29 is 9.72 Å². The molecule has 1 aliphatic rings. The number of carbonyl (C=O) groups is 1. The average Bonchev–Trinajstić information content (AvgIpc) is 3.11. The Morgan fingerprint density at radius 3 is 3.00 bits per heavy atom. The van der Waals surface area contributed by atoms with E-state index in [9.17, 15) is 14.9 Å². The zero-order valence-corrected chi connectivity index (χ0v) is 14.2. The van der Waals surface area contributed by atoms with E-state index in [4.69, 9.17) is 0 Å². The van der Waals surface area contributed by atoms with Gasteiger partial charge in [0.2, 0.25) is 5.82 Å². The van der Waals surface area contributed by atoms with E-state index >= 15 is 0 Å². The van der Waals surface area contributed by atoms with Gasteiger partial charge in [-0.15, -0.1) is 0 Å². The van der Waals surface area contributed by atoms with Crippen molar-refractivity contribution in [1.29, 1.82) is 0 Å². The number of nitrogens with zero attached hydrogens (tertiary/aromatic N) is 5. The Morgan fingerprint density at radius 1 is 1.48 bits per heavy atom. The molecule has 3 heterocycles. The molecule has 0 bridgehead atoms. The summed E-state index contributed by atoms with van der Waals surface area (Å²) in [4.78, 5) is 28.8. The van der Waals surface area contributed by atoms with Crippen LogP contribution in [0.3, 0.4) is 0 Å². The number of carbonyl (C=O) groups excluding carboxylic acids is 1. The van der Waals surface area contributed by atoms with Gasteiger partial charge in [-0.05, 0) is 31.4 Å². The second kappa shape index (κ2) is 6.88. The smallest absolute Gasteiger partial charge is 0.311 e. The Kier molecular flexibility index (Phi) is 4.64. The molecule has 1 unspecified atom stereocenters. The fourth-order valence-electron chi connectivity index (χ4n) is 3.08. The van der Waals surface area contributed by atoms with Crippen molar-refractivity contribution in [3.8, 4) is 0 Å². The van der Waals surface area contributed by atoms with Crippen LogP contribution in [-0.2, 0) is 0 Å². The van der Waals surface area contributed by atoms with Crippen LogP contribution in [0.2, 0.25) is 0 Å². The molecule has 0 spiro atoms. The van der Waals surface area contributed by atoms with E-state index in [1.807, 2.05) is 4.90 Å². The maximum atomic E-state index is 11.7. The van der Waals surface area contributed by atoms with E-state index in [-0.39, 0.29) is 17.6 Å². The minimum Gasteiger partial charge on any atom is -0.354 e. The number of hydrogen-bond acceptors (Lipinski definition) is 6. The van der Waals surface area contributed by atoms with Crippen molar-refractivity contribution >= 4 is 17.4 Å². The molecule has 1 atom stereocenters. The van der Waals surface area contributed by atoms with Crippen LogP contribution in [0, 0.1) is 17.0 Å². The van der Waals surface area contributed by atoms with E-state index in [2.05, 4.69) is 15.4 Å². The molecule has 1 N–H and O–H groups in total. The van der Waals surface area contributed by atoms with Crippen LogP contribution in [-0.4, -0.2) is 45.7 Å². The number of nitro groups is 1. The second-order valence-electron chi connectivity index (χ2n) is 6.11. The monoisotopic (exact) mass is 344 g/mol. The zero-order chi connectivity index (χ0) is 18.0. The lowest BCUT2D eigenvalue weighted by Crippen LogP contribution is -2.37. The van der Waals surface area contributed by atoms with E-state index < -0.39 is 4.92 Å². The molecule has 1 fully saturated rings. The maximum Gasteiger partial charge on any atom is 0.311 e. The summed E-state index contributed by atoms with van der Waals surface area (Å²) in [5.74, 6) is 0.154. The van der Waals surface area contributed by atoms with Crippen LogP contribution in [0.1, 0.15) is 34.9 Å². The summed E-state index contributed by atoms with van der Waals surface area (Å²) in [6, 6.07) is 3.25. The van der Waals surface area contributed by atoms with Crippen LogP contribution in [0.25, 0.3) is 0 Å². The molecule has 2 aromatic heterocycles. The van der Waals surface area contributed by atoms with Crippen molar-refractivity contribution in [3.05, 3.63) is 45.9 Å². The first-order chi connectivity index (χ1) is 12.0. The number of amides is 1. The van der Waals surface area contributed by atoms with Crippen molar-refractivity contribution in [1.82, 2.24) is 20.1 Å². The van der Waals surface area contributed by atoms with E-state index in [1.165, 1.54) is 0 Å². The van der Waals surface area contributed by atoms with Gasteiger partial charge in [0, 0.05) is 38.6 Å². The highest BCUT2D eigenvalue weighted by atomic mass is 16.6. The second-order valence-corrected chi connectivity index (χ2v) is 6.11. The molecule has 9 heteroatoms. The standard InChI is InChI=1S/C16H20N6O3/c1-11-8-14(22(24)25)15(18-9-11)20-6-3-4-12(10-20)21-7-5-13(19-21)16(23)17-2/h5,7-9,12H,3-4,6,10H2,1-2H3,(H,17,23). The van der Waals surface area contributed by atoms with E-state index in [0.29, 0.717) is 24.6 Å². The Hall–Kier alpha value is -2.97. The van der Waals surface area contributed by atoms with Gasteiger partial charge in [0.25, 0.3) is 5.91 Å². The van der Waals surface area contributed by atoms with Gasteiger partial charge >= 0.3 is 5.69 Å². The van der Waals surface area contributed by atoms with Crippen LogP contribution < -0.4 is 10.2 Å². The number of rotatable bonds is 4. The summed E-state index contributed by atoms with van der Waals surface area (Å²) in [6.07, 6.45) is 5.18. The van der Waals surface area contributed by atoms with Crippen molar-refractivity contribution in [3.63, 3.8) is 0 Å². The fourth-order valence-corrected chi connectivity index (χ4v) is 3.08. The van der Waals surface area contributed by atoms with Crippen LogP contribution in [0.15, 0.2) is 24.5 Å². The third kappa shape index (κ3) is 3.44. The summed E-state index contributed by atoms with van der Waals surface area (Å²) in [6.45, 7) is 3.05. The number of aryl methyl sites for hydroxylation is 1. The first-order valence-electron chi connectivity index (χ1n) is 8.13. The maximum absolute atomic E-state index is 11.7. The van der Waals surface area contributed by atoms with Crippen molar-refractivity contribution in [2.24, 2.45) is 0 Å². The van der Waals surface area contributed by atoms with Gasteiger partial charge in [-0.1, -0.05) is 0 Å². The molecule has 9 nitrogen and oxygen atoms in total. The number of hydrogen-bond donors (Lipinski definition) is 1. The van der Waals surface area contributed by atoms with E-state index in [1.54, 1.807) is 43.2 Å². The molecule has 132 valence electrons. The molecule has 0 radical (unpaired) electrons. The third-order valence-corrected chi connectivity index (χ3v) is 4.32. The number of anilines is 1. The molecule has 1 saturated heterocycles. The fraction of sp³-hybridized carbons (Fsp3) is 0.438. The predicted octanol–water partition coefficient (Wildman–Crippen LogP) is 1.70. The van der Waals surface area contributed by atoms with Gasteiger partial charge < -0.3 is 10.2 Å². The molecule has 0 aliphatic carbocycles. The molecule has 1 aliphatic heterocycles. The first kappa shape index (κ1) is 16.9. The Bertz CT molecular complexity index is 803. The van der Waals surface area contributed by atoms with Crippen LogP contribution in [0.4, 0.5) is 11.5 Å². The molecule has 0 aromatic carbocycles. The van der Waals surface area contributed by atoms with Gasteiger partial charge in [-0.2, -0.15) is 5.10 Å². The minimum absolute atomic E-state index is 0.0205. The van der Waals surface area contributed by atoms with Gasteiger partial charge in [0.05, 0.1) is 11.0 Å². The molecular formula is C16H20N6O3. The third-order valence-electron chi connectivity index (χ3n) is 4.32. The number of piperidine rings is 1. The summed E-state index contributed by atoms with van der Waals surface area (Å²) >= 11 is 0. The topological polar surface area (TPSA) is 106 Å². The highest BCUT2D eigenvalue weighted by molar-refractivity contribution is 5.91. The molecule has 25 heavy (non-hydrogen) atoms. The summed E-state index contributed by atoms with van der Waals surface area (Å²) in [5, 5.41) is 18.2. The highest BCUT2D eigenvalue weighted by Gasteiger charge is 2.28. The van der Waals surface area contributed by atoms with Gasteiger partial charge in [0.1, 0.15) is 5.69 Å². The predicted molar refractivity (Wildman–Crippen MR) is 91.7 cm³/mol.